The van der Waals surface area contributed by atoms with E-state index in [-0.39, 0.29) is 16.5 Å². The lowest BCUT2D eigenvalue weighted by Gasteiger charge is -2.45. The van der Waals surface area contributed by atoms with Gasteiger partial charge in [-0.1, -0.05) is 0 Å². The molecule has 2 aliphatic rings. The number of aliphatic carboxylic acids is 2. The third-order valence-corrected chi connectivity index (χ3v) is 6.76. The van der Waals surface area contributed by atoms with Gasteiger partial charge in [0.1, 0.15) is 19.1 Å². The van der Waals surface area contributed by atoms with Crippen LogP contribution in [0.15, 0.2) is 23.1 Å². The van der Waals surface area contributed by atoms with E-state index in [4.69, 9.17) is 5.11 Å². The number of piperidine rings is 1. The van der Waals surface area contributed by atoms with Crippen molar-refractivity contribution >= 4 is 39.2 Å². The molecule has 0 spiro atoms. The first-order valence-corrected chi connectivity index (χ1v) is 10.2. The molecule has 2 N–H and O–H groups in total. The molecule has 0 unspecified atom stereocenters. The van der Waals surface area contributed by atoms with E-state index >= 15 is 0 Å². The van der Waals surface area contributed by atoms with Crippen molar-refractivity contribution in [2.45, 2.75) is 30.2 Å². The fourth-order valence-electron chi connectivity index (χ4n) is 3.65. The van der Waals surface area contributed by atoms with Crippen LogP contribution in [0.3, 0.4) is 0 Å². The van der Waals surface area contributed by atoms with Gasteiger partial charge in [0.05, 0.1) is 16.3 Å². The molecular weight excluding hydrogens is 390 g/mol. The lowest BCUT2D eigenvalue weighted by Crippen LogP contribution is -2.56. The highest BCUT2D eigenvalue weighted by Gasteiger charge is 2.40. The Morgan fingerprint density at radius 2 is 1.89 bits per heavy atom. The first-order valence-electron chi connectivity index (χ1n) is 8.75. The van der Waals surface area contributed by atoms with Crippen LogP contribution in [0.2, 0.25) is 0 Å². The number of rotatable bonds is 6. The van der Waals surface area contributed by atoms with Crippen molar-refractivity contribution in [2.75, 3.05) is 36.5 Å². The fraction of sp³-hybridized carbons (Fsp3) is 0.471. The van der Waals surface area contributed by atoms with Crippen LogP contribution in [0.4, 0.5) is 11.4 Å². The zero-order valence-electron chi connectivity index (χ0n) is 15.2. The highest BCUT2D eigenvalue weighted by molar-refractivity contribution is 7.89. The second-order valence-corrected chi connectivity index (χ2v) is 8.87. The molecule has 0 aliphatic carbocycles. The van der Waals surface area contributed by atoms with Crippen molar-refractivity contribution in [3.8, 4) is 0 Å². The largest absolute Gasteiger partial charge is 0.480 e. The predicted octanol–water partition coefficient (Wildman–Crippen LogP) is 0.182. The van der Waals surface area contributed by atoms with Gasteiger partial charge in [-0.15, -0.1) is 0 Å². The Balaban J connectivity index is 2.08. The quantitative estimate of drug-likeness (QED) is 0.677. The molecule has 152 valence electrons. The molecule has 1 fully saturated rings. The first-order chi connectivity index (χ1) is 13.1. The summed E-state index contributed by atoms with van der Waals surface area (Å²) in [6.07, 6.45) is 2.34. The number of anilines is 2. The molecule has 1 atom stereocenters. The molecule has 0 bridgehead atoms. The topological polar surface area (TPSA) is 136 Å². The van der Waals surface area contributed by atoms with Crippen LogP contribution in [-0.2, 0) is 24.4 Å². The summed E-state index contributed by atoms with van der Waals surface area (Å²) in [5.74, 6) is -2.88. The summed E-state index contributed by atoms with van der Waals surface area (Å²) in [7, 11) is -2.98. The van der Waals surface area contributed by atoms with Gasteiger partial charge in [-0.05, 0) is 37.5 Å². The van der Waals surface area contributed by atoms with Gasteiger partial charge in [0.2, 0.25) is 15.9 Å². The molecule has 28 heavy (non-hydrogen) atoms. The second kappa shape index (κ2) is 7.40. The number of carboxylic acid groups (broad SMARTS) is 2. The number of carboxylic acids is 2. The molecule has 3 rings (SSSR count). The minimum absolute atomic E-state index is 0.200. The number of carbonyl (C=O) groups is 3. The highest BCUT2D eigenvalue weighted by Crippen LogP contribution is 2.40. The molecule has 1 aromatic carbocycles. The first kappa shape index (κ1) is 20.1. The van der Waals surface area contributed by atoms with Gasteiger partial charge < -0.3 is 15.1 Å². The number of hydrogen-bond donors (Lipinski definition) is 2. The molecule has 1 amide bonds. The van der Waals surface area contributed by atoms with Crippen molar-refractivity contribution in [3.05, 3.63) is 18.2 Å². The van der Waals surface area contributed by atoms with E-state index in [2.05, 4.69) is 0 Å². The van der Waals surface area contributed by atoms with E-state index < -0.39 is 41.1 Å². The Hall–Kier alpha value is -2.66. The normalized spacial score (nSPS) is 19.4. The van der Waals surface area contributed by atoms with Crippen molar-refractivity contribution in [3.63, 3.8) is 0 Å². The summed E-state index contributed by atoms with van der Waals surface area (Å²) in [6, 6.07) is 3.69. The van der Waals surface area contributed by atoms with Crippen molar-refractivity contribution in [1.29, 1.82) is 0 Å². The summed E-state index contributed by atoms with van der Waals surface area (Å²) < 4.78 is 26.0. The summed E-state index contributed by atoms with van der Waals surface area (Å²) in [6.45, 7) is -0.675. The number of likely N-dealkylation sites (N-methyl/N-ethyl adjacent to an activating group) is 1. The minimum Gasteiger partial charge on any atom is -0.480 e. The summed E-state index contributed by atoms with van der Waals surface area (Å²) in [4.78, 5) is 37.8. The van der Waals surface area contributed by atoms with Gasteiger partial charge in [0, 0.05) is 13.6 Å². The smallest absolute Gasteiger partial charge is 0.323 e. The SMILES string of the molecule is CN(CC(=O)O)S(=O)(=O)c1ccc2c(c1)N(CC(=O)O)C(=O)[C@@H]1CCCCN21. The highest BCUT2D eigenvalue weighted by atomic mass is 32.2. The van der Waals surface area contributed by atoms with E-state index in [0.29, 0.717) is 23.0 Å². The lowest BCUT2D eigenvalue weighted by atomic mass is 9.96. The van der Waals surface area contributed by atoms with E-state index in [1.807, 2.05) is 4.90 Å². The monoisotopic (exact) mass is 411 g/mol. The van der Waals surface area contributed by atoms with Crippen LogP contribution in [0.5, 0.6) is 0 Å². The third-order valence-electron chi connectivity index (χ3n) is 4.96. The standard InChI is InChI=1S/C17H21N3O7S/c1-18(9-15(21)22)28(26,27)11-5-6-12-14(8-11)20(10-16(23)24)17(25)13-4-2-3-7-19(12)13/h5-6,8,13H,2-4,7,9-10H2,1H3,(H,21,22)(H,23,24)/t13-/m0/s1. The number of fused-ring (bicyclic) bond motifs is 3. The van der Waals surface area contributed by atoms with Crippen LogP contribution in [0, 0.1) is 0 Å². The van der Waals surface area contributed by atoms with Gasteiger partial charge in [-0.25, -0.2) is 8.42 Å². The Bertz CT molecular complexity index is 931. The summed E-state index contributed by atoms with van der Waals surface area (Å²) in [5, 5.41) is 18.1. The van der Waals surface area contributed by atoms with Crippen LogP contribution in [-0.4, -0.2) is 73.5 Å². The molecule has 0 aromatic heterocycles. The Morgan fingerprint density at radius 1 is 1.18 bits per heavy atom. The number of carbonyl (C=O) groups excluding carboxylic acids is 1. The van der Waals surface area contributed by atoms with Crippen LogP contribution >= 0.6 is 0 Å². The zero-order valence-corrected chi connectivity index (χ0v) is 16.1. The number of nitrogens with zero attached hydrogens (tertiary/aromatic N) is 3. The van der Waals surface area contributed by atoms with Crippen molar-refractivity contribution in [2.24, 2.45) is 0 Å². The zero-order chi connectivity index (χ0) is 20.6. The molecule has 1 aromatic rings. The van der Waals surface area contributed by atoms with Crippen LogP contribution in [0.1, 0.15) is 19.3 Å². The molecule has 0 radical (unpaired) electrons. The maximum Gasteiger partial charge on any atom is 0.323 e. The van der Waals surface area contributed by atoms with Gasteiger partial charge >= 0.3 is 11.9 Å². The van der Waals surface area contributed by atoms with Crippen LogP contribution < -0.4 is 9.80 Å². The second-order valence-electron chi connectivity index (χ2n) is 6.83. The average Bonchev–Trinajstić information content (AvgIpc) is 2.63. The Morgan fingerprint density at radius 3 is 2.54 bits per heavy atom. The number of benzene rings is 1. The van der Waals surface area contributed by atoms with Crippen molar-refractivity contribution < 1.29 is 33.0 Å². The van der Waals surface area contributed by atoms with E-state index in [0.717, 1.165) is 24.8 Å². The fourth-order valence-corrected chi connectivity index (χ4v) is 4.79. The molecule has 11 heteroatoms. The third kappa shape index (κ3) is 3.54. The number of sulfonamides is 1. The van der Waals surface area contributed by atoms with E-state index in [1.54, 1.807) is 6.07 Å². The number of hydrogen-bond acceptors (Lipinski definition) is 6. The number of amides is 1. The van der Waals surface area contributed by atoms with Crippen molar-refractivity contribution in [1.82, 2.24) is 4.31 Å². The minimum atomic E-state index is -4.12. The van der Waals surface area contributed by atoms with Crippen LogP contribution in [0.25, 0.3) is 0 Å². The molecule has 2 heterocycles. The van der Waals surface area contributed by atoms with Gasteiger partial charge in [0.25, 0.3) is 0 Å². The maximum absolute atomic E-state index is 12.9. The molecule has 2 aliphatic heterocycles. The average molecular weight is 411 g/mol. The predicted molar refractivity (Wildman–Crippen MR) is 98.9 cm³/mol. The van der Waals surface area contributed by atoms with Gasteiger partial charge in [0.15, 0.2) is 0 Å². The Labute approximate surface area is 162 Å². The molecule has 1 saturated heterocycles. The summed E-state index contributed by atoms with van der Waals surface area (Å²) >= 11 is 0. The lowest BCUT2D eigenvalue weighted by molar-refractivity contribution is -0.137. The molecular formula is C17H21N3O7S. The van der Waals surface area contributed by atoms with E-state index in [1.165, 1.54) is 12.1 Å². The Kier molecular flexibility index (Phi) is 5.31. The van der Waals surface area contributed by atoms with Gasteiger partial charge in [-0.3, -0.25) is 19.3 Å². The maximum atomic E-state index is 12.9. The van der Waals surface area contributed by atoms with E-state index in [9.17, 15) is 27.9 Å². The molecule has 10 nitrogen and oxygen atoms in total. The summed E-state index contributed by atoms with van der Waals surface area (Å²) in [5.41, 5.74) is 0.806. The molecule has 0 saturated carbocycles. The van der Waals surface area contributed by atoms with Gasteiger partial charge in [-0.2, -0.15) is 4.31 Å².